The molecule has 5 nitrogen and oxygen atoms in total. The molecule has 0 aromatic carbocycles. The van der Waals surface area contributed by atoms with Crippen LogP contribution < -0.4 is 11.1 Å². The van der Waals surface area contributed by atoms with Crippen molar-refractivity contribution in [3.63, 3.8) is 0 Å². The van der Waals surface area contributed by atoms with Crippen LogP contribution in [0.1, 0.15) is 12.8 Å². The van der Waals surface area contributed by atoms with Crippen LogP contribution in [-0.2, 0) is 13.3 Å². The molecule has 0 aliphatic heterocycles. The largest absolute Gasteiger partial charge is 0.500 e. The second-order valence-electron chi connectivity index (χ2n) is 3.49. The summed E-state index contributed by atoms with van der Waals surface area (Å²) in [5, 5.41) is 3.08. The van der Waals surface area contributed by atoms with Gasteiger partial charge in [-0.1, -0.05) is 0 Å². The van der Waals surface area contributed by atoms with E-state index in [1.807, 2.05) is 7.05 Å². The van der Waals surface area contributed by atoms with Gasteiger partial charge in [-0.25, -0.2) is 0 Å². The molecule has 0 spiro atoms. The molecule has 0 aliphatic carbocycles. The molecule has 0 saturated heterocycles. The van der Waals surface area contributed by atoms with E-state index in [2.05, 4.69) is 5.32 Å². The van der Waals surface area contributed by atoms with Crippen molar-refractivity contribution in [3.8, 4) is 0 Å². The molecule has 6 heteroatoms. The first kappa shape index (κ1) is 15.0. The smallest absolute Gasteiger partial charge is 0.377 e. The lowest BCUT2D eigenvalue weighted by Gasteiger charge is -2.25. The molecular weight excluding hydrogens is 212 g/mol. The van der Waals surface area contributed by atoms with Gasteiger partial charge in [-0.05, 0) is 26.4 Å². The molecule has 0 amide bonds. The predicted octanol–water partition coefficient (Wildman–Crippen LogP) is 0.191. The van der Waals surface area contributed by atoms with Gasteiger partial charge >= 0.3 is 8.80 Å². The third kappa shape index (κ3) is 5.60. The van der Waals surface area contributed by atoms with Gasteiger partial charge in [0.1, 0.15) is 0 Å². The Kier molecular flexibility index (Phi) is 8.21. The van der Waals surface area contributed by atoms with E-state index >= 15 is 0 Å². The zero-order valence-corrected chi connectivity index (χ0v) is 11.2. The highest BCUT2D eigenvalue weighted by atomic mass is 28.4. The number of nitrogens with two attached hydrogens (primary N) is 1. The predicted molar refractivity (Wildman–Crippen MR) is 62.7 cm³/mol. The van der Waals surface area contributed by atoms with Crippen molar-refractivity contribution in [2.45, 2.75) is 24.9 Å². The average molecular weight is 236 g/mol. The second kappa shape index (κ2) is 8.20. The number of nitrogens with one attached hydrogen (secondary N) is 1. The maximum absolute atomic E-state index is 5.95. The zero-order chi connectivity index (χ0) is 11.7. The van der Waals surface area contributed by atoms with E-state index in [9.17, 15) is 0 Å². The van der Waals surface area contributed by atoms with Gasteiger partial charge < -0.3 is 24.3 Å². The average Bonchev–Trinajstić information content (AvgIpc) is 2.29. The lowest BCUT2D eigenvalue weighted by Crippen LogP contribution is -2.44. The fourth-order valence-corrected chi connectivity index (χ4v) is 3.23. The van der Waals surface area contributed by atoms with Crippen molar-refractivity contribution >= 4 is 8.80 Å². The summed E-state index contributed by atoms with van der Waals surface area (Å²) in [6.45, 7) is 0.933. The molecule has 0 fully saturated rings. The summed E-state index contributed by atoms with van der Waals surface area (Å²) in [6, 6.07) is 0.936. The maximum atomic E-state index is 5.95. The molecule has 0 aliphatic rings. The zero-order valence-electron chi connectivity index (χ0n) is 10.2. The van der Waals surface area contributed by atoms with E-state index in [1.54, 1.807) is 21.3 Å². The van der Waals surface area contributed by atoms with Gasteiger partial charge in [-0.15, -0.1) is 0 Å². The fraction of sp³-hybridized carbons (Fsp3) is 1.00. The minimum absolute atomic E-state index is 0.171. The van der Waals surface area contributed by atoms with Gasteiger partial charge in [0.25, 0.3) is 0 Å². The number of rotatable bonds is 9. The first-order chi connectivity index (χ1) is 7.14. The third-order valence-corrected chi connectivity index (χ3v) is 5.29. The highest BCUT2D eigenvalue weighted by molar-refractivity contribution is 6.60. The fourth-order valence-electron chi connectivity index (χ4n) is 1.39. The van der Waals surface area contributed by atoms with Crippen molar-refractivity contribution in [1.82, 2.24) is 5.32 Å². The molecule has 3 N–H and O–H groups in total. The Labute approximate surface area is 93.6 Å². The van der Waals surface area contributed by atoms with E-state index in [1.165, 1.54) is 0 Å². The maximum Gasteiger partial charge on any atom is 0.500 e. The van der Waals surface area contributed by atoms with Crippen molar-refractivity contribution < 1.29 is 13.3 Å². The van der Waals surface area contributed by atoms with Crippen molar-refractivity contribution in [2.75, 3.05) is 34.9 Å². The summed E-state index contributed by atoms with van der Waals surface area (Å²) in [6.07, 6.45) is 1.82. The van der Waals surface area contributed by atoms with Crippen LogP contribution in [0.4, 0.5) is 0 Å². The summed E-state index contributed by atoms with van der Waals surface area (Å²) in [5.74, 6) is 0. The minimum atomic E-state index is -2.42. The van der Waals surface area contributed by atoms with Gasteiger partial charge in [-0.3, -0.25) is 0 Å². The highest BCUT2D eigenvalue weighted by Crippen LogP contribution is 2.16. The second-order valence-corrected chi connectivity index (χ2v) is 6.58. The van der Waals surface area contributed by atoms with Gasteiger partial charge in [0.2, 0.25) is 0 Å². The van der Waals surface area contributed by atoms with Gasteiger partial charge in [-0.2, -0.15) is 0 Å². The molecule has 0 aromatic heterocycles. The lowest BCUT2D eigenvalue weighted by atomic mass is 10.2. The Morgan fingerprint density at radius 3 is 2.07 bits per heavy atom. The molecule has 15 heavy (non-hydrogen) atoms. The minimum Gasteiger partial charge on any atom is -0.377 e. The van der Waals surface area contributed by atoms with Crippen LogP contribution >= 0.6 is 0 Å². The van der Waals surface area contributed by atoms with Gasteiger partial charge in [0.05, 0.1) is 0 Å². The van der Waals surface area contributed by atoms with Crippen LogP contribution in [0.15, 0.2) is 0 Å². The normalized spacial score (nSPS) is 14.2. The molecule has 0 rings (SSSR count). The molecule has 1 atom stereocenters. The molecule has 0 radical (unpaired) electrons. The summed E-state index contributed by atoms with van der Waals surface area (Å²) in [4.78, 5) is 0. The summed E-state index contributed by atoms with van der Waals surface area (Å²) >= 11 is 0. The van der Waals surface area contributed by atoms with E-state index in [-0.39, 0.29) is 6.04 Å². The molecular formula is C9H24N2O3Si. The SMILES string of the molecule is CNCCC(N)CC[Si](OC)(OC)OC. The van der Waals surface area contributed by atoms with Crippen LogP contribution in [0.5, 0.6) is 0 Å². The molecule has 1 unspecified atom stereocenters. The quantitative estimate of drug-likeness (QED) is 0.560. The highest BCUT2D eigenvalue weighted by Gasteiger charge is 2.37. The molecule has 0 bridgehead atoms. The molecule has 0 aromatic rings. The van der Waals surface area contributed by atoms with Crippen LogP contribution in [0.25, 0.3) is 0 Å². The summed E-state index contributed by atoms with van der Waals surface area (Å²) in [7, 11) is 4.37. The molecule has 0 saturated carbocycles. The number of hydrogen-bond donors (Lipinski definition) is 2. The van der Waals surface area contributed by atoms with Crippen LogP contribution in [0.2, 0.25) is 6.04 Å². The van der Waals surface area contributed by atoms with E-state index < -0.39 is 8.80 Å². The Morgan fingerprint density at radius 2 is 1.67 bits per heavy atom. The number of hydrogen-bond acceptors (Lipinski definition) is 5. The molecule has 92 valence electrons. The Bertz CT molecular complexity index is 148. The standard InChI is InChI=1S/C9H24N2O3Si/c1-11-7-5-9(10)6-8-15(12-2,13-3)14-4/h9,11H,5-8,10H2,1-4H3. The first-order valence-electron chi connectivity index (χ1n) is 5.19. The summed E-state index contributed by atoms with van der Waals surface area (Å²) in [5.41, 5.74) is 5.95. The first-order valence-corrected chi connectivity index (χ1v) is 7.13. The van der Waals surface area contributed by atoms with Crippen LogP contribution in [0.3, 0.4) is 0 Å². The topological polar surface area (TPSA) is 65.7 Å². The lowest BCUT2D eigenvalue weighted by molar-refractivity contribution is 0.122. The van der Waals surface area contributed by atoms with E-state index in [4.69, 9.17) is 19.0 Å². The van der Waals surface area contributed by atoms with Crippen LogP contribution in [0, 0.1) is 0 Å². The third-order valence-electron chi connectivity index (χ3n) is 2.52. The Morgan fingerprint density at radius 1 is 1.13 bits per heavy atom. The monoisotopic (exact) mass is 236 g/mol. The van der Waals surface area contributed by atoms with Crippen molar-refractivity contribution in [2.24, 2.45) is 5.73 Å². The van der Waals surface area contributed by atoms with Crippen molar-refractivity contribution in [3.05, 3.63) is 0 Å². The van der Waals surface area contributed by atoms with E-state index in [0.29, 0.717) is 0 Å². The van der Waals surface area contributed by atoms with Crippen molar-refractivity contribution in [1.29, 1.82) is 0 Å². The Balaban J connectivity index is 3.88. The molecule has 0 heterocycles. The van der Waals surface area contributed by atoms with E-state index in [0.717, 1.165) is 25.4 Å². The summed E-state index contributed by atoms with van der Waals surface area (Å²) < 4.78 is 15.9. The van der Waals surface area contributed by atoms with Gasteiger partial charge in [0.15, 0.2) is 0 Å². The van der Waals surface area contributed by atoms with Crippen LogP contribution in [-0.4, -0.2) is 49.8 Å². The van der Waals surface area contributed by atoms with Gasteiger partial charge in [0, 0.05) is 33.4 Å². The Hall–Kier alpha value is 0.0169.